The molecule has 1 aromatic carbocycles. The van der Waals surface area contributed by atoms with Gasteiger partial charge in [0, 0.05) is 13.1 Å². The Morgan fingerprint density at radius 1 is 1.22 bits per heavy atom. The number of anilines is 2. The van der Waals surface area contributed by atoms with E-state index in [4.69, 9.17) is 14.2 Å². The predicted octanol–water partition coefficient (Wildman–Crippen LogP) is 1.35. The third-order valence-electron chi connectivity index (χ3n) is 7.21. The van der Waals surface area contributed by atoms with Crippen molar-refractivity contribution < 1.29 is 23.8 Å². The summed E-state index contributed by atoms with van der Waals surface area (Å²) in [6, 6.07) is 9.77. The Morgan fingerprint density at radius 3 is 2.92 bits per heavy atom. The molecule has 11 nitrogen and oxygen atoms in total. The van der Waals surface area contributed by atoms with E-state index >= 15 is 0 Å². The molecule has 4 aliphatic rings. The largest absolute Gasteiger partial charge is 0.486 e. The van der Waals surface area contributed by atoms with Crippen molar-refractivity contribution in [2.75, 3.05) is 49.5 Å². The van der Waals surface area contributed by atoms with E-state index in [-0.39, 0.29) is 24.7 Å². The molecule has 1 aliphatic carbocycles. The molecular weight excluding hydrogens is 476 g/mol. The average Bonchev–Trinajstić information content (AvgIpc) is 3.46. The Balaban J connectivity index is 0.984. The molecule has 3 aliphatic heterocycles. The molecule has 2 atom stereocenters. The van der Waals surface area contributed by atoms with E-state index in [9.17, 15) is 14.9 Å². The first-order valence-corrected chi connectivity index (χ1v) is 12.6. The number of amides is 2. The maximum atomic E-state index is 12.4. The fourth-order valence-electron chi connectivity index (χ4n) is 5.19. The first-order valence-electron chi connectivity index (χ1n) is 12.6. The van der Waals surface area contributed by atoms with Crippen molar-refractivity contribution in [3.05, 3.63) is 41.0 Å². The van der Waals surface area contributed by atoms with Crippen LogP contribution in [0, 0.1) is 17.2 Å². The molecule has 0 radical (unpaired) electrons. The van der Waals surface area contributed by atoms with Crippen LogP contribution in [-0.4, -0.2) is 68.5 Å². The van der Waals surface area contributed by atoms with Crippen LogP contribution in [0.5, 0.6) is 11.5 Å². The number of carbonyl (C=O) groups excluding carboxylic acids is 2. The number of fused-ring (bicyclic) bond motifs is 2. The zero-order chi connectivity index (χ0) is 25.4. The average molecular weight is 505 g/mol. The van der Waals surface area contributed by atoms with Crippen molar-refractivity contribution in [1.29, 1.82) is 5.26 Å². The lowest BCUT2D eigenvalue weighted by Crippen LogP contribution is -2.50. The quantitative estimate of drug-likeness (QED) is 0.455. The number of ether oxygens (including phenoxy) is 3. The molecule has 2 unspecified atom stereocenters. The van der Waals surface area contributed by atoms with Gasteiger partial charge in [0.05, 0.1) is 12.1 Å². The molecule has 2 amide bonds. The van der Waals surface area contributed by atoms with Gasteiger partial charge in [0.1, 0.15) is 29.8 Å². The number of hydrogen-bond donors (Lipinski definition) is 3. The van der Waals surface area contributed by atoms with Crippen LogP contribution in [0.25, 0.3) is 0 Å². The van der Waals surface area contributed by atoms with Gasteiger partial charge >= 0.3 is 6.09 Å². The van der Waals surface area contributed by atoms with E-state index in [1.54, 1.807) is 12.1 Å². The summed E-state index contributed by atoms with van der Waals surface area (Å²) in [5.74, 6) is 2.02. The molecule has 3 N–H and O–H groups in total. The van der Waals surface area contributed by atoms with Gasteiger partial charge in [-0.05, 0) is 67.6 Å². The van der Waals surface area contributed by atoms with Crippen molar-refractivity contribution >= 4 is 23.6 Å². The van der Waals surface area contributed by atoms with Gasteiger partial charge in [0.15, 0.2) is 18.2 Å². The van der Waals surface area contributed by atoms with Crippen LogP contribution < -0.4 is 30.3 Å². The number of benzene rings is 1. The lowest BCUT2D eigenvalue weighted by molar-refractivity contribution is -0.118. The minimum absolute atomic E-state index is 0.0465. The molecule has 0 bridgehead atoms. The Bertz CT molecular complexity index is 1270. The number of aromatic nitrogens is 1. The van der Waals surface area contributed by atoms with Gasteiger partial charge < -0.3 is 30.2 Å². The maximum Gasteiger partial charge on any atom is 0.415 e. The third kappa shape index (κ3) is 4.77. The number of nitriles is 1. The molecule has 2 aromatic rings. The van der Waals surface area contributed by atoms with E-state index in [1.807, 2.05) is 6.07 Å². The van der Waals surface area contributed by atoms with Gasteiger partial charge in [-0.1, -0.05) is 6.07 Å². The van der Waals surface area contributed by atoms with Crippen LogP contribution in [0.3, 0.4) is 0 Å². The van der Waals surface area contributed by atoms with Crippen LogP contribution in [0.4, 0.5) is 16.4 Å². The van der Waals surface area contributed by atoms with Crippen molar-refractivity contribution in [2.24, 2.45) is 5.92 Å². The summed E-state index contributed by atoms with van der Waals surface area (Å²) in [5.41, 5.74) is 3.01. The fraction of sp³-hybridized carbons (Fsp3) is 0.462. The summed E-state index contributed by atoms with van der Waals surface area (Å²) in [4.78, 5) is 29.9. The van der Waals surface area contributed by atoms with Gasteiger partial charge in [-0.3, -0.25) is 9.69 Å². The Hall–Kier alpha value is -3.88. The zero-order valence-electron chi connectivity index (χ0n) is 20.3. The Kier molecular flexibility index (Phi) is 6.28. The number of hydrogen-bond acceptors (Lipinski definition) is 9. The zero-order valence-corrected chi connectivity index (χ0v) is 20.3. The number of rotatable bonds is 8. The normalized spacial score (nSPS) is 22.3. The first kappa shape index (κ1) is 23.5. The van der Waals surface area contributed by atoms with E-state index in [0.717, 1.165) is 38.0 Å². The molecule has 1 aromatic heterocycles. The molecule has 192 valence electrons. The topological polar surface area (TPSA) is 138 Å². The Morgan fingerprint density at radius 2 is 2.11 bits per heavy atom. The first-order chi connectivity index (χ1) is 18.1. The van der Waals surface area contributed by atoms with Gasteiger partial charge in [0.25, 0.3) is 5.91 Å². The summed E-state index contributed by atoms with van der Waals surface area (Å²) in [6.07, 6.45) is 1.88. The second-order valence-corrected chi connectivity index (χ2v) is 9.82. The minimum Gasteiger partial charge on any atom is -0.486 e. The summed E-state index contributed by atoms with van der Waals surface area (Å²) < 4.78 is 16.9. The highest BCUT2D eigenvalue weighted by Gasteiger charge is 2.34. The van der Waals surface area contributed by atoms with E-state index in [1.165, 1.54) is 10.5 Å². The van der Waals surface area contributed by atoms with Crippen LogP contribution in [0.15, 0.2) is 24.3 Å². The second-order valence-electron chi connectivity index (χ2n) is 9.82. The van der Waals surface area contributed by atoms with Gasteiger partial charge in [0.2, 0.25) is 0 Å². The monoisotopic (exact) mass is 504 g/mol. The molecule has 37 heavy (non-hydrogen) atoms. The highest BCUT2D eigenvalue weighted by Crippen LogP contribution is 2.35. The lowest BCUT2D eigenvalue weighted by Gasteiger charge is -2.28. The van der Waals surface area contributed by atoms with Crippen LogP contribution in [0.2, 0.25) is 0 Å². The van der Waals surface area contributed by atoms with Gasteiger partial charge in [-0.2, -0.15) is 5.26 Å². The smallest absolute Gasteiger partial charge is 0.415 e. The standard InChI is InChI=1S/C26H28N6O5/c27-9-20-19-8-15(7-16(19)1-2-21(20)36-18-11-29-12-18)10-28-6-5-17-13-32(26(34)37-17)23-4-3-22-25(30-23)31-24(33)14-35-22/h1-4,15,17-18,28-29H,5-8,10-14H2,(H,30,31,33). The molecule has 2 fully saturated rings. The van der Waals surface area contributed by atoms with Crippen molar-refractivity contribution in [3.63, 3.8) is 0 Å². The van der Waals surface area contributed by atoms with Crippen molar-refractivity contribution in [2.45, 2.75) is 31.5 Å². The highest BCUT2D eigenvalue weighted by atomic mass is 16.6. The van der Waals surface area contributed by atoms with E-state index in [2.05, 4.69) is 33.1 Å². The van der Waals surface area contributed by atoms with Crippen LogP contribution in [-0.2, 0) is 22.4 Å². The maximum absolute atomic E-state index is 12.4. The molecule has 11 heteroatoms. The summed E-state index contributed by atoms with van der Waals surface area (Å²) in [6.45, 7) is 3.50. The number of nitrogens with zero attached hydrogens (tertiary/aromatic N) is 3. The van der Waals surface area contributed by atoms with Crippen LogP contribution >= 0.6 is 0 Å². The highest BCUT2D eigenvalue weighted by molar-refractivity contribution is 5.95. The van der Waals surface area contributed by atoms with Crippen molar-refractivity contribution in [3.8, 4) is 17.6 Å². The predicted molar refractivity (Wildman–Crippen MR) is 133 cm³/mol. The number of pyridine rings is 1. The summed E-state index contributed by atoms with van der Waals surface area (Å²) in [7, 11) is 0. The number of cyclic esters (lactones) is 1. The number of nitrogens with one attached hydrogen (secondary N) is 3. The molecule has 0 spiro atoms. The molecule has 6 rings (SSSR count). The summed E-state index contributed by atoms with van der Waals surface area (Å²) >= 11 is 0. The SMILES string of the molecule is N#Cc1c(OC2CNC2)ccc2c1CC(CNCCC1CN(c3ccc4c(n3)NC(=O)CO4)C(=O)O1)C2. The van der Waals surface area contributed by atoms with Gasteiger partial charge in [-0.25, -0.2) is 9.78 Å². The lowest BCUT2D eigenvalue weighted by atomic mass is 10.0. The molecule has 2 saturated heterocycles. The van der Waals surface area contributed by atoms with Gasteiger partial charge in [-0.15, -0.1) is 0 Å². The van der Waals surface area contributed by atoms with Crippen LogP contribution in [0.1, 0.15) is 23.1 Å². The molecular formula is C26H28N6O5. The fourth-order valence-corrected chi connectivity index (χ4v) is 5.19. The third-order valence-corrected chi connectivity index (χ3v) is 7.21. The number of carbonyl (C=O) groups is 2. The minimum atomic E-state index is -0.452. The Labute approximate surface area is 214 Å². The van der Waals surface area contributed by atoms with Crippen molar-refractivity contribution in [1.82, 2.24) is 15.6 Å². The van der Waals surface area contributed by atoms with E-state index in [0.29, 0.717) is 54.1 Å². The molecule has 4 heterocycles. The second kappa shape index (κ2) is 9.88. The summed E-state index contributed by atoms with van der Waals surface area (Å²) in [5, 5.41) is 19.1. The molecule has 0 saturated carbocycles. The van der Waals surface area contributed by atoms with E-state index < -0.39 is 6.09 Å².